The van der Waals surface area contributed by atoms with Crippen molar-refractivity contribution in [2.45, 2.75) is 39.8 Å². The third-order valence-corrected chi connectivity index (χ3v) is 2.75. The van der Waals surface area contributed by atoms with Crippen LogP contribution in [-0.4, -0.2) is 18.1 Å². The first-order chi connectivity index (χ1) is 8.78. The molecular weight excluding hydrogens is 262 g/mol. The van der Waals surface area contributed by atoms with Crippen LogP contribution in [0.15, 0.2) is 24.3 Å². The molecule has 0 aliphatic rings. The second-order valence-corrected chi connectivity index (χ2v) is 6.13. The van der Waals surface area contributed by atoms with Crippen molar-refractivity contribution in [2.24, 2.45) is 5.92 Å². The van der Waals surface area contributed by atoms with Crippen LogP contribution < -0.4 is 5.32 Å². The van der Waals surface area contributed by atoms with Crippen molar-refractivity contribution in [3.05, 3.63) is 34.9 Å². The zero-order chi connectivity index (χ0) is 14.5. The van der Waals surface area contributed by atoms with Gasteiger partial charge in [-0.25, -0.2) is 0 Å². The van der Waals surface area contributed by atoms with E-state index >= 15 is 0 Å². The maximum Gasteiger partial charge on any atom is 0.310 e. The van der Waals surface area contributed by atoms with Crippen LogP contribution in [0.3, 0.4) is 0 Å². The lowest BCUT2D eigenvalue weighted by atomic mass is 10.1. The van der Waals surface area contributed by atoms with Crippen molar-refractivity contribution in [1.82, 2.24) is 5.32 Å². The Morgan fingerprint density at radius 3 is 2.42 bits per heavy atom. The van der Waals surface area contributed by atoms with E-state index in [1.165, 1.54) is 0 Å². The van der Waals surface area contributed by atoms with Crippen molar-refractivity contribution in [1.29, 1.82) is 0 Å². The smallest absolute Gasteiger partial charge is 0.310 e. The second-order valence-electron chi connectivity index (χ2n) is 5.69. The number of carbonyl (C=O) groups is 1. The van der Waals surface area contributed by atoms with Crippen LogP contribution in [0.4, 0.5) is 0 Å². The SMILES string of the molecule is CC(CNCc1ccc(Cl)cc1)C(=O)OC(C)(C)C. The standard InChI is InChI=1S/C15H22ClNO2/c1-11(14(18)19-15(2,3)4)9-17-10-12-5-7-13(16)8-6-12/h5-8,11,17H,9-10H2,1-4H3. The van der Waals surface area contributed by atoms with E-state index in [9.17, 15) is 4.79 Å². The monoisotopic (exact) mass is 283 g/mol. The largest absolute Gasteiger partial charge is 0.460 e. The number of rotatable bonds is 5. The topological polar surface area (TPSA) is 38.3 Å². The van der Waals surface area contributed by atoms with Crippen molar-refractivity contribution in [3.63, 3.8) is 0 Å². The molecule has 0 amide bonds. The lowest BCUT2D eigenvalue weighted by Crippen LogP contribution is -2.32. The molecule has 19 heavy (non-hydrogen) atoms. The van der Waals surface area contributed by atoms with E-state index in [4.69, 9.17) is 16.3 Å². The Morgan fingerprint density at radius 2 is 1.89 bits per heavy atom. The van der Waals surface area contributed by atoms with E-state index in [-0.39, 0.29) is 11.9 Å². The highest BCUT2D eigenvalue weighted by Gasteiger charge is 2.21. The number of halogens is 1. The Bertz CT molecular complexity index is 409. The van der Waals surface area contributed by atoms with Crippen LogP contribution in [-0.2, 0) is 16.1 Å². The van der Waals surface area contributed by atoms with Crippen LogP contribution >= 0.6 is 11.6 Å². The summed E-state index contributed by atoms with van der Waals surface area (Å²) in [6.07, 6.45) is 0. The van der Waals surface area contributed by atoms with Gasteiger partial charge in [-0.05, 0) is 38.5 Å². The third kappa shape index (κ3) is 6.60. The molecule has 0 heterocycles. The number of hydrogen-bond donors (Lipinski definition) is 1. The van der Waals surface area contributed by atoms with Gasteiger partial charge in [-0.2, -0.15) is 0 Å². The Hall–Kier alpha value is -1.06. The van der Waals surface area contributed by atoms with Crippen molar-refractivity contribution >= 4 is 17.6 Å². The number of esters is 1. The molecule has 1 atom stereocenters. The Labute approximate surface area is 120 Å². The van der Waals surface area contributed by atoms with E-state index in [1.54, 1.807) is 0 Å². The van der Waals surface area contributed by atoms with Crippen LogP contribution in [0.25, 0.3) is 0 Å². The van der Waals surface area contributed by atoms with E-state index in [0.717, 1.165) is 10.6 Å². The molecule has 1 aromatic rings. The average Bonchev–Trinajstić information content (AvgIpc) is 2.29. The summed E-state index contributed by atoms with van der Waals surface area (Å²) in [5.74, 6) is -0.331. The van der Waals surface area contributed by atoms with Crippen molar-refractivity contribution in [3.8, 4) is 0 Å². The quantitative estimate of drug-likeness (QED) is 0.842. The summed E-state index contributed by atoms with van der Waals surface area (Å²) in [7, 11) is 0. The van der Waals surface area contributed by atoms with Gasteiger partial charge in [0, 0.05) is 18.1 Å². The van der Waals surface area contributed by atoms with Gasteiger partial charge in [-0.3, -0.25) is 4.79 Å². The van der Waals surface area contributed by atoms with Crippen molar-refractivity contribution in [2.75, 3.05) is 6.54 Å². The van der Waals surface area contributed by atoms with Crippen LogP contribution in [0.1, 0.15) is 33.3 Å². The maximum atomic E-state index is 11.8. The zero-order valence-electron chi connectivity index (χ0n) is 12.0. The highest BCUT2D eigenvalue weighted by atomic mass is 35.5. The Balaban J connectivity index is 2.32. The number of nitrogens with one attached hydrogen (secondary N) is 1. The van der Waals surface area contributed by atoms with Gasteiger partial charge in [0.05, 0.1) is 5.92 Å². The first-order valence-corrected chi connectivity index (χ1v) is 6.84. The number of benzene rings is 1. The normalized spacial score (nSPS) is 13.1. The highest BCUT2D eigenvalue weighted by molar-refractivity contribution is 6.30. The molecule has 3 nitrogen and oxygen atoms in total. The molecule has 1 N–H and O–H groups in total. The molecule has 0 bridgehead atoms. The summed E-state index contributed by atoms with van der Waals surface area (Å²) in [5, 5.41) is 3.97. The van der Waals surface area contributed by atoms with Gasteiger partial charge in [0.15, 0.2) is 0 Å². The fourth-order valence-electron chi connectivity index (χ4n) is 1.52. The molecule has 0 spiro atoms. The number of ether oxygens (including phenoxy) is 1. The highest BCUT2D eigenvalue weighted by Crippen LogP contribution is 2.11. The Kier molecular flexibility index (Phi) is 5.83. The maximum absolute atomic E-state index is 11.8. The van der Waals surface area contributed by atoms with E-state index in [2.05, 4.69) is 5.32 Å². The molecule has 106 valence electrons. The van der Waals surface area contributed by atoms with Crippen LogP contribution in [0, 0.1) is 5.92 Å². The molecule has 0 fully saturated rings. The number of hydrogen-bond acceptors (Lipinski definition) is 3. The van der Waals surface area contributed by atoms with Crippen LogP contribution in [0.5, 0.6) is 0 Å². The summed E-state index contributed by atoms with van der Waals surface area (Å²) in [4.78, 5) is 11.8. The summed E-state index contributed by atoms with van der Waals surface area (Å²) in [6, 6.07) is 7.65. The molecule has 0 aromatic heterocycles. The minimum absolute atomic E-state index is 0.161. The molecule has 0 radical (unpaired) electrons. The minimum Gasteiger partial charge on any atom is -0.460 e. The molecule has 1 rings (SSSR count). The van der Waals surface area contributed by atoms with Gasteiger partial charge in [0.25, 0.3) is 0 Å². The summed E-state index contributed by atoms with van der Waals surface area (Å²) >= 11 is 5.82. The first-order valence-electron chi connectivity index (χ1n) is 6.46. The van der Waals surface area contributed by atoms with Crippen molar-refractivity contribution < 1.29 is 9.53 Å². The molecule has 0 saturated heterocycles. The molecular formula is C15H22ClNO2. The molecule has 1 unspecified atom stereocenters. The zero-order valence-corrected chi connectivity index (χ0v) is 12.8. The molecule has 1 aromatic carbocycles. The average molecular weight is 284 g/mol. The lowest BCUT2D eigenvalue weighted by Gasteiger charge is -2.22. The fraction of sp³-hybridized carbons (Fsp3) is 0.533. The molecule has 0 saturated carbocycles. The predicted octanol–water partition coefficient (Wildman–Crippen LogP) is 3.41. The van der Waals surface area contributed by atoms with E-state index in [1.807, 2.05) is 52.0 Å². The number of carbonyl (C=O) groups excluding carboxylic acids is 1. The van der Waals surface area contributed by atoms with Gasteiger partial charge < -0.3 is 10.1 Å². The minimum atomic E-state index is -0.429. The second kappa shape index (κ2) is 6.92. The summed E-state index contributed by atoms with van der Waals surface area (Å²) in [6.45, 7) is 8.79. The van der Waals surface area contributed by atoms with E-state index < -0.39 is 5.60 Å². The third-order valence-electron chi connectivity index (χ3n) is 2.50. The summed E-state index contributed by atoms with van der Waals surface area (Å²) in [5.41, 5.74) is 0.711. The van der Waals surface area contributed by atoms with Gasteiger partial charge in [-0.15, -0.1) is 0 Å². The van der Waals surface area contributed by atoms with Gasteiger partial charge in [0.2, 0.25) is 0 Å². The molecule has 4 heteroatoms. The predicted molar refractivity (Wildman–Crippen MR) is 78.2 cm³/mol. The fourth-order valence-corrected chi connectivity index (χ4v) is 1.65. The molecule has 0 aliphatic heterocycles. The summed E-state index contributed by atoms with van der Waals surface area (Å²) < 4.78 is 5.32. The first kappa shape index (κ1) is 16.0. The van der Waals surface area contributed by atoms with Gasteiger partial charge >= 0.3 is 5.97 Å². The van der Waals surface area contributed by atoms with E-state index in [0.29, 0.717) is 13.1 Å². The molecule has 0 aliphatic carbocycles. The Morgan fingerprint density at radius 1 is 1.32 bits per heavy atom. The van der Waals surface area contributed by atoms with Gasteiger partial charge in [0.1, 0.15) is 5.60 Å². The van der Waals surface area contributed by atoms with Gasteiger partial charge in [-0.1, -0.05) is 30.7 Å². The van der Waals surface area contributed by atoms with Crippen LogP contribution in [0.2, 0.25) is 5.02 Å². The lowest BCUT2D eigenvalue weighted by molar-refractivity contribution is -0.159.